The quantitative estimate of drug-likeness (QED) is 0.639. The highest BCUT2D eigenvalue weighted by molar-refractivity contribution is 8.00. The molecule has 0 saturated heterocycles. The van der Waals surface area contributed by atoms with Crippen LogP contribution >= 0.6 is 11.8 Å². The van der Waals surface area contributed by atoms with Crippen molar-refractivity contribution in [3.05, 3.63) is 60.4 Å². The molecule has 3 aromatic rings. The normalized spacial score (nSPS) is 11.6. The van der Waals surface area contributed by atoms with Crippen LogP contribution in [-0.4, -0.2) is 44.1 Å². The number of imide groups is 1. The molecule has 3 rings (SSSR count). The number of carbonyl (C=O) groups is 2. The maximum Gasteiger partial charge on any atom is 0.413 e. The minimum Gasteiger partial charge on any atom is -0.453 e. The van der Waals surface area contributed by atoms with E-state index in [0.29, 0.717) is 17.5 Å². The second kappa shape index (κ2) is 9.14. The summed E-state index contributed by atoms with van der Waals surface area (Å²) in [7, 11) is 1.21. The predicted octanol–water partition coefficient (Wildman–Crippen LogP) is 2.75. The molecule has 1 atom stereocenters. The van der Waals surface area contributed by atoms with Gasteiger partial charge in [-0.1, -0.05) is 42.1 Å². The molecule has 0 spiro atoms. The molecule has 2 amide bonds. The largest absolute Gasteiger partial charge is 0.453 e. The first-order valence-corrected chi connectivity index (χ1v) is 9.39. The molecule has 8 nitrogen and oxygen atoms in total. The Labute approximate surface area is 166 Å². The van der Waals surface area contributed by atoms with E-state index in [9.17, 15) is 9.59 Å². The lowest BCUT2D eigenvalue weighted by Crippen LogP contribution is -2.36. The number of rotatable bonds is 6. The smallest absolute Gasteiger partial charge is 0.413 e. The maximum absolute atomic E-state index is 12.2. The third kappa shape index (κ3) is 4.74. The molecule has 2 aromatic heterocycles. The van der Waals surface area contributed by atoms with Gasteiger partial charge in [0.2, 0.25) is 5.91 Å². The fourth-order valence-corrected chi connectivity index (χ4v) is 3.31. The van der Waals surface area contributed by atoms with E-state index in [0.717, 1.165) is 11.1 Å². The van der Waals surface area contributed by atoms with Gasteiger partial charge in [0.25, 0.3) is 0 Å². The van der Waals surface area contributed by atoms with E-state index in [4.69, 9.17) is 0 Å². The second-order valence-corrected chi connectivity index (χ2v) is 7.16. The van der Waals surface area contributed by atoms with E-state index in [1.165, 1.54) is 18.9 Å². The van der Waals surface area contributed by atoms with Crippen LogP contribution in [0.3, 0.4) is 0 Å². The molecule has 0 aliphatic rings. The lowest BCUT2D eigenvalue weighted by Gasteiger charge is -2.13. The standard InChI is InChI=1S/C19H19N5O3S/c1-13(17(25)21-19(26)27-2)28-18-23-22-16(15-8-10-20-11-9-15)24(18)12-14-6-4-3-5-7-14/h3-11,13H,12H2,1-2H3,(H,21,25,26)/t13-/m1/s1. The van der Waals surface area contributed by atoms with E-state index < -0.39 is 17.3 Å². The highest BCUT2D eigenvalue weighted by Gasteiger charge is 2.22. The van der Waals surface area contributed by atoms with Crippen LogP contribution in [0.15, 0.2) is 60.0 Å². The Kier molecular flexibility index (Phi) is 6.38. The summed E-state index contributed by atoms with van der Waals surface area (Å²) < 4.78 is 6.41. The number of nitrogens with zero attached hydrogens (tertiary/aromatic N) is 4. The van der Waals surface area contributed by atoms with Crippen molar-refractivity contribution in [2.75, 3.05) is 7.11 Å². The highest BCUT2D eigenvalue weighted by atomic mass is 32.2. The summed E-state index contributed by atoms with van der Waals surface area (Å²) in [6, 6.07) is 13.6. The predicted molar refractivity (Wildman–Crippen MR) is 105 cm³/mol. The summed E-state index contributed by atoms with van der Waals surface area (Å²) in [5, 5.41) is 10.8. The molecule has 0 unspecified atom stereocenters. The number of benzene rings is 1. The number of nitrogens with one attached hydrogen (secondary N) is 1. The summed E-state index contributed by atoms with van der Waals surface area (Å²) in [5.41, 5.74) is 1.95. The number of thioether (sulfide) groups is 1. The molecular weight excluding hydrogens is 378 g/mol. The molecule has 1 aromatic carbocycles. The molecular formula is C19H19N5O3S. The van der Waals surface area contributed by atoms with Crippen LogP contribution in [0.5, 0.6) is 0 Å². The van der Waals surface area contributed by atoms with Crippen molar-refractivity contribution in [1.29, 1.82) is 0 Å². The summed E-state index contributed by atoms with van der Waals surface area (Å²) in [4.78, 5) is 27.5. The van der Waals surface area contributed by atoms with Crippen molar-refractivity contribution in [3.8, 4) is 11.4 Å². The van der Waals surface area contributed by atoms with Gasteiger partial charge >= 0.3 is 6.09 Å². The number of aromatic nitrogens is 4. The first-order chi connectivity index (χ1) is 13.6. The van der Waals surface area contributed by atoms with Gasteiger partial charge in [-0.05, 0) is 24.6 Å². The van der Waals surface area contributed by atoms with Crippen LogP contribution in [0.25, 0.3) is 11.4 Å². The summed E-state index contributed by atoms with van der Waals surface area (Å²) >= 11 is 1.22. The third-order valence-corrected chi connectivity index (χ3v) is 4.98. The SMILES string of the molecule is COC(=O)NC(=O)[C@@H](C)Sc1nnc(-c2ccncc2)n1Cc1ccccc1. The van der Waals surface area contributed by atoms with Gasteiger partial charge in [0.1, 0.15) is 0 Å². The van der Waals surface area contributed by atoms with E-state index >= 15 is 0 Å². The van der Waals surface area contributed by atoms with Crippen LogP contribution < -0.4 is 5.32 Å². The first-order valence-electron chi connectivity index (χ1n) is 8.51. The van der Waals surface area contributed by atoms with Crippen LogP contribution in [-0.2, 0) is 16.1 Å². The Balaban J connectivity index is 1.89. The summed E-state index contributed by atoms with van der Waals surface area (Å²) in [6.45, 7) is 2.23. The van der Waals surface area contributed by atoms with Crippen LogP contribution in [0.1, 0.15) is 12.5 Å². The van der Waals surface area contributed by atoms with Gasteiger partial charge in [-0.25, -0.2) is 4.79 Å². The number of carbonyl (C=O) groups excluding carboxylic acids is 2. The van der Waals surface area contributed by atoms with Crippen molar-refractivity contribution in [1.82, 2.24) is 25.1 Å². The Morgan fingerprint density at radius 2 is 1.86 bits per heavy atom. The highest BCUT2D eigenvalue weighted by Crippen LogP contribution is 2.27. The lowest BCUT2D eigenvalue weighted by molar-refractivity contribution is -0.119. The Morgan fingerprint density at radius 1 is 1.14 bits per heavy atom. The van der Waals surface area contributed by atoms with Crippen molar-refractivity contribution in [2.45, 2.75) is 23.9 Å². The van der Waals surface area contributed by atoms with Gasteiger partial charge in [-0.15, -0.1) is 10.2 Å². The molecule has 1 N–H and O–H groups in total. The molecule has 0 saturated carbocycles. The average molecular weight is 397 g/mol. The van der Waals surface area contributed by atoms with Gasteiger partial charge in [0.15, 0.2) is 11.0 Å². The van der Waals surface area contributed by atoms with Gasteiger partial charge in [0.05, 0.1) is 18.9 Å². The summed E-state index contributed by atoms with van der Waals surface area (Å²) in [6.07, 6.45) is 2.59. The van der Waals surface area contributed by atoms with Crippen LogP contribution in [0.4, 0.5) is 4.79 Å². The summed E-state index contributed by atoms with van der Waals surface area (Å²) in [5.74, 6) is 0.214. The molecule has 0 fully saturated rings. The lowest BCUT2D eigenvalue weighted by atomic mass is 10.2. The average Bonchev–Trinajstić information content (AvgIpc) is 3.11. The van der Waals surface area contributed by atoms with Crippen molar-refractivity contribution in [2.24, 2.45) is 0 Å². The molecule has 9 heteroatoms. The zero-order valence-corrected chi connectivity index (χ0v) is 16.2. The monoisotopic (exact) mass is 397 g/mol. The molecule has 0 aliphatic carbocycles. The third-order valence-electron chi connectivity index (χ3n) is 3.90. The number of amides is 2. The van der Waals surface area contributed by atoms with Crippen LogP contribution in [0, 0.1) is 0 Å². The molecule has 144 valence electrons. The molecule has 28 heavy (non-hydrogen) atoms. The fourth-order valence-electron chi connectivity index (χ4n) is 2.46. The van der Waals surface area contributed by atoms with E-state index in [1.54, 1.807) is 19.3 Å². The van der Waals surface area contributed by atoms with Gasteiger partial charge < -0.3 is 4.74 Å². The zero-order valence-electron chi connectivity index (χ0n) is 15.4. The number of ether oxygens (including phenoxy) is 1. The number of methoxy groups -OCH3 is 1. The minimum atomic E-state index is -0.791. The van der Waals surface area contributed by atoms with Gasteiger partial charge in [0, 0.05) is 18.0 Å². The number of alkyl carbamates (subject to hydrolysis) is 1. The van der Waals surface area contributed by atoms with E-state index in [-0.39, 0.29) is 0 Å². The maximum atomic E-state index is 12.2. The Morgan fingerprint density at radius 3 is 2.54 bits per heavy atom. The van der Waals surface area contributed by atoms with Crippen molar-refractivity contribution < 1.29 is 14.3 Å². The number of hydrogen-bond donors (Lipinski definition) is 1. The van der Waals surface area contributed by atoms with E-state index in [1.807, 2.05) is 47.0 Å². The molecule has 0 radical (unpaired) electrons. The van der Waals surface area contributed by atoms with Crippen molar-refractivity contribution in [3.63, 3.8) is 0 Å². The molecule has 2 heterocycles. The van der Waals surface area contributed by atoms with Crippen molar-refractivity contribution >= 4 is 23.8 Å². The Hall–Kier alpha value is -3.20. The molecule has 0 aliphatic heterocycles. The second-order valence-electron chi connectivity index (χ2n) is 5.85. The topological polar surface area (TPSA) is 99.0 Å². The van der Waals surface area contributed by atoms with Gasteiger partial charge in [-0.3, -0.25) is 19.7 Å². The zero-order chi connectivity index (χ0) is 19.9. The fraction of sp³-hybridized carbons (Fsp3) is 0.211. The van der Waals surface area contributed by atoms with Gasteiger partial charge in [-0.2, -0.15) is 0 Å². The molecule has 0 bridgehead atoms. The van der Waals surface area contributed by atoms with Crippen LogP contribution in [0.2, 0.25) is 0 Å². The number of pyridine rings is 1. The van der Waals surface area contributed by atoms with E-state index in [2.05, 4.69) is 25.2 Å². The number of hydrogen-bond acceptors (Lipinski definition) is 7. The Bertz CT molecular complexity index is 947. The minimum absolute atomic E-state index is 0.462. The first kappa shape index (κ1) is 19.6.